The predicted molar refractivity (Wildman–Crippen MR) is 116 cm³/mol. The monoisotopic (exact) mass is 402 g/mol. The summed E-state index contributed by atoms with van der Waals surface area (Å²) in [5.74, 6) is 2.20. The summed E-state index contributed by atoms with van der Waals surface area (Å²) in [6.45, 7) is 4.86. The Hall–Kier alpha value is -3.65. The Morgan fingerprint density at radius 1 is 1.03 bits per heavy atom. The lowest BCUT2D eigenvalue weighted by Gasteiger charge is -2.28. The number of rotatable bonds is 4. The number of phenols is 1. The van der Waals surface area contributed by atoms with Gasteiger partial charge in [-0.05, 0) is 30.7 Å². The highest BCUT2D eigenvalue weighted by Crippen LogP contribution is 2.27. The first-order valence-corrected chi connectivity index (χ1v) is 9.88. The van der Waals surface area contributed by atoms with Crippen LogP contribution in [0.15, 0.2) is 54.9 Å². The predicted octanol–water partition coefficient (Wildman–Crippen LogP) is 3.41. The average molecular weight is 402 g/mol. The summed E-state index contributed by atoms with van der Waals surface area (Å²) < 4.78 is 7.38. The van der Waals surface area contributed by atoms with E-state index in [1.165, 1.54) is 0 Å². The maximum Gasteiger partial charge on any atom is 0.239 e. The second kappa shape index (κ2) is 7.64. The number of phenolic OH excluding ortho intramolecular Hbond substituents is 1. The number of aryl methyl sites for hydroxylation is 1. The van der Waals surface area contributed by atoms with Crippen molar-refractivity contribution >= 4 is 28.4 Å². The molecule has 1 saturated heterocycles. The zero-order chi connectivity index (χ0) is 20.5. The molecule has 5 rings (SSSR count). The van der Waals surface area contributed by atoms with Crippen LogP contribution in [-0.2, 0) is 4.74 Å². The lowest BCUT2D eigenvalue weighted by molar-refractivity contribution is 0.122. The molecule has 1 aliphatic heterocycles. The number of anilines is 3. The fraction of sp³-hybridized carbons (Fsp3) is 0.227. The van der Waals surface area contributed by atoms with E-state index in [2.05, 4.69) is 15.2 Å². The molecule has 0 bridgehead atoms. The van der Waals surface area contributed by atoms with E-state index in [0.29, 0.717) is 25.0 Å². The van der Waals surface area contributed by atoms with Gasteiger partial charge in [-0.1, -0.05) is 18.2 Å². The fourth-order valence-electron chi connectivity index (χ4n) is 3.55. The van der Waals surface area contributed by atoms with Crippen molar-refractivity contribution in [3.8, 4) is 11.7 Å². The molecule has 8 heteroatoms. The number of imidazole rings is 1. The van der Waals surface area contributed by atoms with E-state index in [9.17, 15) is 5.11 Å². The lowest BCUT2D eigenvalue weighted by Crippen LogP contribution is -2.37. The molecule has 0 unspecified atom stereocenters. The molecule has 2 N–H and O–H groups in total. The van der Waals surface area contributed by atoms with Crippen molar-refractivity contribution in [3.63, 3.8) is 0 Å². The molecule has 0 radical (unpaired) electrons. The summed E-state index contributed by atoms with van der Waals surface area (Å²) in [6.07, 6.45) is 1.74. The fourth-order valence-corrected chi connectivity index (χ4v) is 3.55. The Morgan fingerprint density at radius 3 is 2.73 bits per heavy atom. The van der Waals surface area contributed by atoms with Crippen molar-refractivity contribution in [1.29, 1.82) is 0 Å². The number of benzene rings is 2. The summed E-state index contributed by atoms with van der Waals surface area (Å²) in [5, 5.41) is 13.2. The van der Waals surface area contributed by atoms with Gasteiger partial charge < -0.3 is 20.1 Å². The van der Waals surface area contributed by atoms with E-state index in [-0.39, 0.29) is 5.75 Å². The van der Waals surface area contributed by atoms with Crippen molar-refractivity contribution in [2.45, 2.75) is 6.92 Å². The minimum Gasteiger partial charge on any atom is -0.508 e. The van der Waals surface area contributed by atoms with Crippen LogP contribution >= 0.6 is 0 Å². The summed E-state index contributed by atoms with van der Waals surface area (Å²) in [4.78, 5) is 16.2. The summed E-state index contributed by atoms with van der Waals surface area (Å²) in [5.41, 5.74) is 3.63. The number of fused-ring (bicyclic) bond motifs is 1. The van der Waals surface area contributed by atoms with E-state index in [1.807, 2.05) is 47.9 Å². The zero-order valence-electron chi connectivity index (χ0n) is 16.6. The van der Waals surface area contributed by atoms with Gasteiger partial charge in [-0.25, -0.2) is 4.98 Å². The highest BCUT2D eigenvalue weighted by Gasteiger charge is 2.17. The van der Waals surface area contributed by atoms with Crippen molar-refractivity contribution in [1.82, 2.24) is 19.5 Å². The molecular formula is C22H22N6O2. The number of nitrogens with zero attached hydrogens (tertiary/aromatic N) is 5. The smallest absolute Gasteiger partial charge is 0.239 e. The van der Waals surface area contributed by atoms with Crippen LogP contribution in [0.2, 0.25) is 0 Å². The highest BCUT2D eigenvalue weighted by molar-refractivity contribution is 5.77. The van der Waals surface area contributed by atoms with Gasteiger partial charge in [0.05, 0.1) is 24.2 Å². The Morgan fingerprint density at radius 2 is 1.87 bits per heavy atom. The van der Waals surface area contributed by atoms with Crippen molar-refractivity contribution in [2.75, 3.05) is 36.5 Å². The SMILES string of the molecule is Cc1ccc(O)cc1Nc1cc(N2CCOCC2)nc(-n2cnc3ccccc32)n1. The second-order valence-electron chi connectivity index (χ2n) is 7.24. The number of morpholine rings is 1. The van der Waals surface area contributed by atoms with E-state index in [0.717, 1.165) is 41.2 Å². The van der Waals surface area contributed by atoms with Crippen LogP contribution in [0.5, 0.6) is 5.75 Å². The van der Waals surface area contributed by atoms with Crippen molar-refractivity contribution in [3.05, 3.63) is 60.4 Å². The van der Waals surface area contributed by atoms with Crippen molar-refractivity contribution in [2.24, 2.45) is 0 Å². The molecule has 0 saturated carbocycles. The molecule has 1 fully saturated rings. The molecular weight excluding hydrogens is 380 g/mol. The third-order valence-corrected chi connectivity index (χ3v) is 5.19. The van der Waals surface area contributed by atoms with Crippen LogP contribution in [0.3, 0.4) is 0 Å². The molecule has 152 valence electrons. The number of aromatic hydroxyl groups is 1. The molecule has 4 aromatic rings. The van der Waals surface area contributed by atoms with Crippen molar-refractivity contribution < 1.29 is 9.84 Å². The normalized spacial score (nSPS) is 14.2. The van der Waals surface area contributed by atoms with Crippen LogP contribution < -0.4 is 10.2 Å². The van der Waals surface area contributed by atoms with Gasteiger partial charge in [-0.2, -0.15) is 9.97 Å². The Balaban J connectivity index is 1.61. The number of para-hydroxylation sites is 2. The molecule has 1 aliphatic rings. The van der Waals surface area contributed by atoms with Gasteiger partial charge in [-0.3, -0.25) is 4.57 Å². The number of nitrogens with one attached hydrogen (secondary N) is 1. The summed E-state index contributed by atoms with van der Waals surface area (Å²) >= 11 is 0. The number of ether oxygens (including phenoxy) is 1. The average Bonchev–Trinajstić information content (AvgIpc) is 3.21. The first-order chi connectivity index (χ1) is 14.7. The first-order valence-electron chi connectivity index (χ1n) is 9.88. The third-order valence-electron chi connectivity index (χ3n) is 5.19. The summed E-state index contributed by atoms with van der Waals surface area (Å²) in [7, 11) is 0. The maximum atomic E-state index is 9.89. The molecule has 0 amide bonds. The van der Waals surface area contributed by atoms with Gasteiger partial charge in [-0.15, -0.1) is 0 Å². The quantitative estimate of drug-likeness (QED) is 0.541. The largest absolute Gasteiger partial charge is 0.508 e. The van der Waals surface area contributed by atoms with E-state index < -0.39 is 0 Å². The number of aromatic nitrogens is 4. The molecule has 30 heavy (non-hydrogen) atoms. The Labute approximate surface area is 173 Å². The van der Waals surface area contributed by atoms with Gasteiger partial charge in [0, 0.05) is 30.9 Å². The van der Waals surface area contributed by atoms with Crippen LogP contribution in [0.1, 0.15) is 5.56 Å². The molecule has 2 aromatic heterocycles. The third kappa shape index (κ3) is 3.53. The lowest BCUT2D eigenvalue weighted by atomic mass is 10.2. The van der Waals surface area contributed by atoms with E-state index in [4.69, 9.17) is 14.7 Å². The minimum atomic E-state index is 0.200. The van der Waals surface area contributed by atoms with E-state index >= 15 is 0 Å². The molecule has 2 aromatic carbocycles. The van der Waals surface area contributed by atoms with Crippen LogP contribution in [0.25, 0.3) is 17.0 Å². The van der Waals surface area contributed by atoms with Crippen LogP contribution in [0, 0.1) is 6.92 Å². The van der Waals surface area contributed by atoms with Gasteiger partial charge in [0.1, 0.15) is 23.7 Å². The molecule has 0 aliphatic carbocycles. The zero-order valence-corrected chi connectivity index (χ0v) is 16.6. The molecule has 0 atom stereocenters. The minimum absolute atomic E-state index is 0.200. The van der Waals surface area contributed by atoms with Gasteiger partial charge in [0.15, 0.2) is 0 Å². The second-order valence-corrected chi connectivity index (χ2v) is 7.24. The molecule has 0 spiro atoms. The topological polar surface area (TPSA) is 88.3 Å². The first kappa shape index (κ1) is 18.4. The molecule has 3 heterocycles. The standard InChI is InChI=1S/C22H22N6O2/c1-15-6-7-16(29)12-18(15)24-20-13-21(27-8-10-30-11-9-27)26-22(25-20)28-14-23-17-4-2-3-5-19(17)28/h2-7,12-14,29H,8-11H2,1H3,(H,24,25,26). The van der Waals surface area contributed by atoms with Gasteiger partial charge in [0.25, 0.3) is 0 Å². The van der Waals surface area contributed by atoms with E-state index in [1.54, 1.807) is 18.5 Å². The summed E-state index contributed by atoms with van der Waals surface area (Å²) in [6, 6.07) is 15.1. The van der Waals surface area contributed by atoms with Crippen LogP contribution in [0.4, 0.5) is 17.3 Å². The number of hydrogen-bond donors (Lipinski definition) is 2. The maximum absolute atomic E-state index is 9.89. The van der Waals surface area contributed by atoms with Crippen LogP contribution in [-0.4, -0.2) is 50.9 Å². The molecule has 8 nitrogen and oxygen atoms in total. The highest BCUT2D eigenvalue weighted by atomic mass is 16.5. The Kier molecular flexibility index (Phi) is 4.68. The van der Waals surface area contributed by atoms with Gasteiger partial charge in [0.2, 0.25) is 5.95 Å². The Bertz CT molecular complexity index is 1200. The number of hydrogen-bond acceptors (Lipinski definition) is 7. The van der Waals surface area contributed by atoms with Gasteiger partial charge >= 0.3 is 0 Å².